The number of carbonyl (C=O) groups excluding carboxylic acids is 2. The van der Waals surface area contributed by atoms with Crippen LogP contribution in [0.5, 0.6) is 0 Å². The van der Waals surface area contributed by atoms with Crippen LogP contribution in [-0.4, -0.2) is 33.7 Å². The average molecular weight is 517 g/mol. The Hall–Kier alpha value is -3.24. The number of hydrogen-bond acceptors (Lipinski definition) is 4. The molecule has 4 rings (SSSR count). The van der Waals surface area contributed by atoms with Gasteiger partial charge in [-0.25, -0.2) is 6.57 Å². The van der Waals surface area contributed by atoms with Gasteiger partial charge in [0.2, 0.25) is 11.8 Å². The van der Waals surface area contributed by atoms with Crippen molar-refractivity contribution in [3.05, 3.63) is 71.3 Å². The van der Waals surface area contributed by atoms with E-state index < -0.39 is 23.6 Å². The molecule has 1 aromatic heterocycles. The van der Waals surface area contributed by atoms with E-state index in [4.69, 9.17) is 6.57 Å². The quantitative estimate of drug-likeness (QED) is 0.482. The second-order valence-electron chi connectivity index (χ2n) is 11.8. The van der Waals surface area contributed by atoms with Gasteiger partial charge in [0.15, 0.2) is 0 Å². The van der Waals surface area contributed by atoms with Crippen LogP contribution < -0.4 is 10.2 Å². The van der Waals surface area contributed by atoms with Gasteiger partial charge in [0, 0.05) is 29.7 Å². The summed E-state index contributed by atoms with van der Waals surface area (Å²) in [5, 5.41) is 14.4. The predicted octanol–water partition coefficient (Wildman–Crippen LogP) is 5.70. The summed E-state index contributed by atoms with van der Waals surface area (Å²) < 4.78 is 0. The van der Waals surface area contributed by atoms with Crippen molar-refractivity contribution in [1.29, 1.82) is 0 Å². The molecule has 0 spiro atoms. The first-order valence-electron chi connectivity index (χ1n) is 13.9. The van der Waals surface area contributed by atoms with Crippen molar-refractivity contribution < 1.29 is 14.7 Å². The molecule has 0 bridgehead atoms. The van der Waals surface area contributed by atoms with Crippen LogP contribution in [0, 0.1) is 12.5 Å². The zero-order chi connectivity index (χ0) is 27.3. The van der Waals surface area contributed by atoms with Gasteiger partial charge >= 0.3 is 5.72 Å². The molecule has 1 aromatic carbocycles. The van der Waals surface area contributed by atoms with Crippen molar-refractivity contribution in [2.75, 3.05) is 4.90 Å². The second kappa shape index (κ2) is 11.7. The zero-order valence-corrected chi connectivity index (χ0v) is 22.8. The summed E-state index contributed by atoms with van der Waals surface area (Å²) in [4.78, 5) is 37.7. The number of aliphatic hydroxyl groups is 1. The van der Waals surface area contributed by atoms with Crippen LogP contribution in [0.15, 0.2) is 48.8 Å². The van der Waals surface area contributed by atoms with E-state index in [2.05, 4.69) is 35.9 Å². The molecular weight excluding hydrogens is 476 g/mol. The number of aromatic nitrogens is 1. The molecule has 7 nitrogen and oxygen atoms in total. The highest BCUT2D eigenvalue weighted by atomic mass is 16.3. The lowest BCUT2D eigenvalue weighted by atomic mass is 9.80. The van der Waals surface area contributed by atoms with Gasteiger partial charge in [0.25, 0.3) is 0 Å². The summed E-state index contributed by atoms with van der Waals surface area (Å²) in [7, 11) is 0. The first kappa shape index (κ1) is 27.8. The van der Waals surface area contributed by atoms with Crippen LogP contribution in [0.25, 0.3) is 4.85 Å². The molecule has 0 aliphatic heterocycles. The third kappa shape index (κ3) is 6.07. The number of amides is 2. The van der Waals surface area contributed by atoms with Crippen LogP contribution in [0.1, 0.15) is 95.7 Å². The highest BCUT2D eigenvalue weighted by Crippen LogP contribution is 2.40. The van der Waals surface area contributed by atoms with Crippen molar-refractivity contribution >= 4 is 17.5 Å². The normalized spacial score (nSPS) is 23.2. The first-order valence-corrected chi connectivity index (χ1v) is 13.9. The van der Waals surface area contributed by atoms with Crippen LogP contribution in [0.2, 0.25) is 0 Å². The molecular formula is C31H40N4O3. The van der Waals surface area contributed by atoms with Gasteiger partial charge in [-0.1, -0.05) is 64.7 Å². The third-order valence-corrected chi connectivity index (χ3v) is 8.04. The highest BCUT2D eigenvalue weighted by Gasteiger charge is 2.52. The van der Waals surface area contributed by atoms with Gasteiger partial charge in [0.05, 0.1) is 6.42 Å². The number of nitrogens with one attached hydrogen (secondary N) is 1. The first-order chi connectivity index (χ1) is 18.1. The maximum atomic E-state index is 14.4. The molecule has 2 aliphatic rings. The Morgan fingerprint density at radius 2 is 1.76 bits per heavy atom. The van der Waals surface area contributed by atoms with Gasteiger partial charge < -0.3 is 10.4 Å². The van der Waals surface area contributed by atoms with Gasteiger partial charge in [-0.15, -0.1) is 0 Å². The van der Waals surface area contributed by atoms with E-state index in [1.165, 1.54) is 11.3 Å². The Labute approximate surface area is 226 Å². The molecule has 0 radical (unpaired) electrons. The maximum Gasteiger partial charge on any atom is 0.346 e. The fourth-order valence-corrected chi connectivity index (χ4v) is 5.77. The lowest BCUT2D eigenvalue weighted by Gasteiger charge is -2.38. The minimum absolute atomic E-state index is 0.0606. The summed E-state index contributed by atoms with van der Waals surface area (Å²) in [6.45, 7) is 14.1. The summed E-state index contributed by atoms with van der Waals surface area (Å²) in [6, 6.07) is 10.4. The molecule has 1 heterocycles. The Morgan fingerprint density at radius 3 is 2.37 bits per heavy atom. The summed E-state index contributed by atoms with van der Waals surface area (Å²) >= 11 is 0. The molecule has 2 aromatic rings. The van der Waals surface area contributed by atoms with Gasteiger partial charge in [0.1, 0.15) is 12.0 Å². The molecule has 7 heteroatoms. The van der Waals surface area contributed by atoms with Crippen molar-refractivity contribution in [3.8, 4) is 0 Å². The molecule has 202 valence electrons. The number of rotatable bonds is 6. The minimum atomic E-state index is -1.78. The number of hydrogen-bond donors (Lipinski definition) is 2. The van der Waals surface area contributed by atoms with Gasteiger partial charge in [-0.3, -0.25) is 24.3 Å². The monoisotopic (exact) mass is 516 g/mol. The van der Waals surface area contributed by atoms with Gasteiger partial charge in [-0.2, -0.15) is 0 Å². The Kier molecular flexibility index (Phi) is 8.52. The molecule has 2 N–H and O–H groups in total. The van der Waals surface area contributed by atoms with E-state index in [0.29, 0.717) is 24.1 Å². The number of benzene rings is 1. The highest BCUT2D eigenvalue weighted by molar-refractivity contribution is 6.03. The van der Waals surface area contributed by atoms with E-state index in [0.717, 1.165) is 37.7 Å². The molecule has 2 unspecified atom stereocenters. The van der Waals surface area contributed by atoms with E-state index in [1.54, 1.807) is 18.5 Å². The SMILES string of the molecule is [C-]#[N+]C1(O)CCCC[C@@H]1C(=O)N(c1ccc(C(C)(C)C)cc1)C(C(=O)NC1CCCCC1)c1cccnc1. The fourth-order valence-electron chi connectivity index (χ4n) is 5.77. The van der Waals surface area contributed by atoms with E-state index in [9.17, 15) is 14.7 Å². The molecule has 2 fully saturated rings. The largest absolute Gasteiger partial charge is 0.351 e. The number of carbonyl (C=O) groups is 2. The van der Waals surface area contributed by atoms with Crippen LogP contribution >= 0.6 is 0 Å². The molecule has 2 saturated carbocycles. The van der Waals surface area contributed by atoms with Crippen LogP contribution in [-0.2, 0) is 15.0 Å². The average Bonchev–Trinajstić information content (AvgIpc) is 2.92. The maximum absolute atomic E-state index is 14.4. The number of anilines is 1. The lowest BCUT2D eigenvalue weighted by molar-refractivity contribution is -0.135. The molecule has 3 atom stereocenters. The van der Waals surface area contributed by atoms with Crippen molar-refractivity contribution in [3.63, 3.8) is 0 Å². The zero-order valence-electron chi connectivity index (χ0n) is 22.8. The fraction of sp³-hybridized carbons (Fsp3) is 0.548. The van der Waals surface area contributed by atoms with E-state index in [1.807, 2.05) is 30.3 Å². The third-order valence-electron chi connectivity index (χ3n) is 8.04. The van der Waals surface area contributed by atoms with Crippen molar-refractivity contribution in [2.45, 2.75) is 102 Å². The van der Waals surface area contributed by atoms with Crippen molar-refractivity contribution in [1.82, 2.24) is 10.3 Å². The van der Waals surface area contributed by atoms with Gasteiger partial charge in [-0.05, 0) is 54.9 Å². The Bertz CT molecular complexity index is 1150. The molecule has 38 heavy (non-hydrogen) atoms. The summed E-state index contributed by atoms with van der Waals surface area (Å²) in [6.07, 6.45) is 10.5. The van der Waals surface area contributed by atoms with Crippen molar-refractivity contribution in [2.24, 2.45) is 5.92 Å². The summed E-state index contributed by atoms with van der Waals surface area (Å²) in [5.41, 5.74) is 0.402. The Balaban J connectivity index is 1.81. The number of pyridine rings is 1. The molecule has 2 amide bonds. The molecule has 0 saturated heterocycles. The lowest BCUT2D eigenvalue weighted by Crippen LogP contribution is -2.53. The predicted molar refractivity (Wildman–Crippen MR) is 148 cm³/mol. The number of nitrogens with zero attached hydrogens (tertiary/aromatic N) is 3. The Morgan fingerprint density at radius 1 is 1.08 bits per heavy atom. The van der Waals surface area contributed by atoms with E-state index >= 15 is 0 Å². The minimum Gasteiger partial charge on any atom is -0.351 e. The molecule has 2 aliphatic carbocycles. The smallest absolute Gasteiger partial charge is 0.346 e. The van der Waals surface area contributed by atoms with Crippen LogP contribution in [0.3, 0.4) is 0 Å². The van der Waals surface area contributed by atoms with E-state index in [-0.39, 0.29) is 23.8 Å². The van der Waals surface area contributed by atoms with Crippen LogP contribution in [0.4, 0.5) is 5.69 Å². The standard InChI is InChI=1S/C31H40N4O3/c1-30(2,3)23-15-17-25(18-16-23)35(29(37)26-14-8-9-19-31(26,38)32-4)27(22-11-10-20-33-21-22)28(36)34-24-12-6-5-7-13-24/h10-11,15-18,20-21,24,26-27,38H,5-9,12-14,19H2,1-3H3,(H,34,36)/t26-,27?,31?/m1/s1. The summed E-state index contributed by atoms with van der Waals surface area (Å²) in [5.74, 6) is -1.59. The topological polar surface area (TPSA) is 86.9 Å². The second-order valence-corrected chi connectivity index (χ2v) is 11.8.